The maximum absolute atomic E-state index is 12.3. The van der Waals surface area contributed by atoms with Crippen LogP contribution in [0.4, 0.5) is 0 Å². The predicted octanol–water partition coefficient (Wildman–Crippen LogP) is 4.12. The molecule has 1 aromatic carbocycles. The third-order valence-corrected chi connectivity index (χ3v) is 5.03. The van der Waals surface area contributed by atoms with E-state index in [2.05, 4.69) is 29.7 Å². The van der Waals surface area contributed by atoms with E-state index in [1.807, 2.05) is 18.2 Å². The van der Waals surface area contributed by atoms with Gasteiger partial charge in [0, 0.05) is 6.42 Å². The number of unbranched alkanes of at least 4 members (excludes halogenated alkanes) is 2. The molecule has 25 heavy (non-hydrogen) atoms. The van der Waals surface area contributed by atoms with Crippen LogP contribution in [0.1, 0.15) is 76.3 Å². The minimum atomic E-state index is -0.106. The Kier molecular flexibility index (Phi) is 8.50. The maximum Gasteiger partial charge on any atom is 0.239 e. The molecular weight excluding hydrogens is 312 g/mol. The van der Waals surface area contributed by atoms with E-state index in [9.17, 15) is 9.59 Å². The molecule has 0 saturated heterocycles. The van der Waals surface area contributed by atoms with Crippen LogP contribution in [0.15, 0.2) is 30.3 Å². The predicted molar refractivity (Wildman–Crippen MR) is 101 cm³/mol. The molecule has 1 aliphatic rings. The van der Waals surface area contributed by atoms with Gasteiger partial charge in [-0.2, -0.15) is 0 Å². The van der Waals surface area contributed by atoms with Crippen LogP contribution in [0, 0.1) is 5.92 Å². The molecule has 0 radical (unpaired) electrons. The van der Waals surface area contributed by atoms with E-state index >= 15 is 0 Å². The van der Waals surface area contributed by atoms with Crippen LogP contribution in [-0.4, -0.2) is 18.4 Å². The number of rotatable bonds is 10. The van der Waals surface area contributed by atoms with Gasteiger partial charge in [0.1, 0.15) is 0 Å². The van der Waals surface area contributed by atoms with Crippen LogP contribution in [0.5, 0.6) is 0 Å². The number of hydrogen-bond acceptors (Lipinski definition) is 2. The SMILES string of the molecule is CCCCCC(NC(=O)CNC(=O)CC1CCCC1)c1ccccc1. The lowest BCUT2D eigenvalue weighted by atomic mass is 10.0. The number of carbonyl (C=O) groups is 2. The zero-order valence-electron chi connectivity index (χ0n) is 15.4. The van der Waals surface area contributed by atoms with Crippen molar-refractivity contribution in [2.24, 2.45) is 5.92 Å². The molecular formula is C21H32N2O2. The van der Waals surface area contributed by atoms with Crippen molar-refractivity contribution < 1.29 is 9.59 Å². The van der Waals surface area contributed by atoms with Crippen LogP contribution >= 0.6 is 0 Å². The van der Waals surface area contributed by atoms with E-state index in [1.54, 1.807) is 0 Å². The highest BCUT2D eigenvalue weighted by molar-refractivity contribution is 5.85. The number of hydrogen-bond donors (Lipinski definition) is 2. The molecule has 0 heterocycles. The second-order valence-electron chi connectivity index (χ2n) is 7.16. The second kappa shape index (κ2) is 10.9. The summed E-state index contributed by atoms with van der Waals surface area (Å²) in [5, 5.41) is 5.87. The average Bonchev–Trinajstić information content (AvgIpc) is 3.13. The normalized spacial score (nSPS) is 15.7. The molecule has 0 spiro atoms. The van der Waals surface area contributed by atoms with Crippen molar-refractivity contribution in [2.45, 2.75) is 70.8 Å². The van der Waals surface area contributed by atoms with E-state index in [4.69, 9.17) is 0 Å². The molecule has 1 fully saturated rings. The molecule has 1 aliphatic carbocycles. The Labute approximate surface area is 151 Å². The summed E-state index contributed by atoms with van der Waals surface area (Å²) in [4.78, 5) is 24.3. The summed E-state index contributed by atoms with van der Waals surface area (Å²) in [5.41, 5.74) is 1.13. The fourth-order valence-corrected chi connectivity index (χ4v) is 3.58. The molecule has 0 aliphatic heterocycles. The first-order chi connectivity index (χ1) is 12.2. The van der Waals surface area contributed by atoms with Gasteiger partial charge >= 0.3 is 0 Å². The van der Waals surface area contributed by atoms with Gasteiger partial charge in [-0.15, -0.1) is 0 Å². The van der Waals surface area contributed by atoms with Crippen molar-refractivity contribution in [3.63, 3.8) is 0 Å². The van der Waals surface area contributed by atoms with Crippen molar-refractivity contribution in [2.75, 3.05) is 6.54 Å². The van der Waals surface area contributed by atoms with Gasteiger partial charge in [0.25, 0.3) is 0 Å². The zero-order chi connectivity index (χ0) is 17.9. The lowest BCUT2D eigenvalue weighted by Gasteiger charge is -2.19. The van der Waals surface area contributed by atoms with Gasteiger partial charge in [0.2, 0.25) is 11.8 Å². The molecule has 2 N–H and O–H groups in total. The molecule has 1 saturated carbocycles. The Hall–Kier alpha value is -1.84. The lowest BCUT2D eigenvalue weighted by Crippen LogP contribution is -2.39. The highest BCUT2D eigenvalue weighted by Gasteiger charge is 2.19. The molecule has 4 nitrogen and oxygen atoms in total. The summed E-state index contributed by atoms with van der Waals surface area (Å²) in [6, 6.07) is 10.1. The van der Waals surface area contributed by atoms with Crippen molar-refractivity contribution in [3.05, 3.63) is 35.9 Å². The Bertz CT molecular complexity index is 524. The van der Waals surface area contributed by atoms with Crippen molar-refractivity contribution >= 4 is 11.8 Å². The van der Waals surface area contributed by atoms with Gasteiger partial charge in [-0.05, 0) is 30.7 Å². The van der Waals surface area contributed by atoms with Gasteiger partial charge in [-0.25, -0.2) is 0 Å². The number of amides is 2. The first-order valence-electron chi connectivity index (χ1n) is 9.80. The minimum absolute atomic E-state index is 0.00398. The summed E-state index contributed by atoms with van der Waals surface area (Å²) in [7, 11) is 0. The van der Waals surface area contributed by atoms with E-state index in [1.165, 1.54) is 12.8 Å². The van der Waals surface area contributed by atoms with Gasteiger partial charge in [-0.3, -0.25) is 9.59 Å². The molecule has 0 bridgehead atoms. The van der Waals surface area contributed by atoms with Gasteiger partial charge in [0.15, 0.2) is 0 Å². The van der Waals surface area contributed by atoms with Crippen LogP contribution in [0.2, 0.25) is 0 Å². The molecule has 138 valence electrons. The van der Waals surface area contributed by atoms with Crippen molar-refractivity contribution in [1.29, 1.82) is 0 Å². The Morgan fingerprint density at radius 3 is 2.48 bits per heavy atom. The third-order valence-electron chi connectivity index (χ3n) is 5.03. The molecule has 2 rings (SSSR count). The van der Waals surface area contributed by atoms with E-state index < -0.39 is 0 Å². The van der Waals surface area contributed by atoms with Crippen LogP contribution in [-0.2, 0) is 9.59 Å². The average molecular weight is 344 g/mol. The lowest BCUT2D eigenvalue weighted by molar-refractivity contribution is -0.127. The summed E-state index contributed by atoms with van der Waals surface area (Å²) < 4.78 is 0. The highest BCUT2D eigenvalue weighted by atomic mass is 16.2. The fourth-order valence-electron chi connectivity index (χ4n) is 3.58. The standard InChI is InChI=1S/C21H32N2O2/c1-2-3-5-14-19(18-12-6-4-7-13-18)23-21(25)16-22-20(24)15-17-10-8-9-11-17/h4,6-7,12-13,17,19H,2-3,5,8-11,14-16H2,1H3,(H,22,24)(H,23,25). The smallest absolute Gasteiger partial charge is 0.239 e. The molecule has 1 unspecified atom stereocenters. The third kappa shape index (κ3) is 7.29. The quantitative estimate of drug-likeness (QED) is 0.627. The van der Waals surface area contributed by atoms with Gasteiger partial charge in [0.05, 0.1) is 12.6 Å². The van der Waals surface area contributed by atoms with Crippen molar-refractivity contribution in [1.82, 2.24) is 10.6 Å². The van der Waals surface area contributed by atoms with Crippen LogP contribution in [0.25, 0.3) is 0 Å². The summed E-state index contributed by atoms with van der Waals surface area (Å²) in [6.07, 6.45) is 9.66. The number of benzene rings is 1. The zero-order valence-corrected chi connectivity index (χ0v) is 15.4. The highest BCUT2D eigenvalue weighted by Crippen LogP contribution is 2.27. The number of nitrogens with one attached hydrogen (secondary N) is 2. The number of carbonyl (C=O) groups excluding carboxylic acids is 2. The van der Waals surface area contributed by atoms with E-state index in [0.29, 0.717) is 12.3 Å². The van der Waals surface area contributed by atoms with E-state index in [0.717, 1.165) is 44.1 Å². The van der Waals surface area contributed by atoms with Crippen LogP contribution < -0.4 is 10.6 Å². The minimum Gasteiger partial charge on any atom is -0.348 e. The fraction of sp³-hybridized carbons (Fsp3) is 0.619. The largest absolute Gasteiger partial charge is 0.348 e. The monoisotopic (exact) mass is 344 g/mol. The molecule has 1 atom stereocenters. The second-order valence-corrected chi connectivity index (χ2v) is 7.16. The topological polar surface area (TPSA) is 58.2 Å². The maximum atomic E-state index is 12.3. The van der Waals surface area contributed by atoms with Crippen LogP contribution in [0.3, 0.4) is 0 Å². The Balaban J connectivity index is 1.78. The summed E-state index contributed by atoms with van der Waals surface area (Å²) in [5.74, 6) is 0.406. The molecule has 1 aromatic rings. The summed E-state index contributed by atoms with van der Waals surface area (Å²) in [6.45, 7) is 2.25. The molecule has 0 aromatic heterocycles. The first-order valence-corrected chi connectivity index (χ1v) is 9.80. The van der Waals surface area contributed by atoms with E-state index in [-0.39, 0.29) is 24.4 Å². The van der Waals surface area contributed by atoms with Gasteiger partial charge < -0.3 is 10.6 Å². The Morgan fingerprint density at radius 2 is 1.80 bits per heavy atom. The summed E-state index contributed by atoms with van der Waals surface area (Å²) >= 11 is 0. The molecule has 2 amide bonds. The van der Waals surface area contributed by atoms with Gasteiger partial charge in [-0.1, -0.05) is 69.4 Å². The van der Waals surface area contributed by atoms with Crippen molar-refractivity contribution in [3.8, 4) is 0 Å². The Morgan fingerprint density at radius 1 is 1.08 bits per heavy atom. The molecule has 4 heteroatoms. The first kappa shape index (κ1) is 19.5.